The predicted octanol–water partition coefficient (Wildman–Crippen LogP) is 2.12. The van der Waals surface area contributed by atoms with E-state index >= 15 is 0 Å². The van der Waals surface area contributed by atoms with Gasteiger partial charge in [-0.05, 0) is 6.42 Å². The van der Waals surface area contributed by atoms with Gasteiger partial charge < -0.3 is 25.8 Å². The summed E-state index contributed by atoms with van der Waals surface area (Å²) >= 11 is 0. The highest BCUT2D eigenvalue weighted by atomic mass is 16.5. The van der Waals surface area contributed by atoms with Crippen LogP contribution >= 0.6 is 0 Å². The summed E-state index contributed by atoms with van der Waals surface area (Å²) in [7, 11) is 0. The number of anilines is 1. The fourth-order valence-corrected chi connectivity index (χ4v) is 1.60. The fourth-order valence-electron chi connectivity index (χ4n) is 1.60. The molecule has 0 saturated heterocycles. The van der Waals surface area contributed by atoms with Crippen LogP contribution in [-0.2, 0) is 4.74 Å². The molecule has 0 aliphatic heterocycles. The van der Waals surface area contributed by atoms with E-state index in [2.05, 4.69) is 6.92 Å². The van der Waals surface area contributed by atoms with Crippen molar-refractivity contribution < 1.29 is 24.9 Å². The Morgan fingerprint density at radius 1 is 1.21 bits per heavy atom. The van der Waals surface area contributed by atoms with Crippen molar-refractivity contribution in [3.63, 3.8) is 0 Å². The molecule has 0 radical (unpaired) electrons. The summed E-state index contributed by atoms with van der Waals surface area (Å²) in [6.07, 6.45) is 3.86. The molecule has 1 aromatic rings. The molecule has 106 valence electrons. The van der Waals surface area contributed by atoms with E-state index in [0.29, 0.717) is 0 Å². The lowest BCUT2D eigenvalue weighted by Crippen LogP contribution is -2.09. The second-order valence-corrected chi connectivity index (χ2v) is 4.25. The van der Waals surface area contributed by atoms with Crippen LogP contribution in [0.25, 0.3) is 0 Å². The van der Waals surface area contributed by atoms with Crippen molar-refractivity contribution in [2.45, 2.75) is 32.6 Å². The van der Waals surface area contributed by atoms with Crippen molar-refractivity contribution in [1.29, 1.82) is 0 Å². The smallest absolute Gasteiger partial charge is 0.340 e. The number of carbonyl (C=O) groups excluding carboxylic acids is 1. The van der Waals surface area contributed by atoms with Crippen molar-refractivity contribution in [2.24, 2.45) is 0 Å². The molecular weight excluding hydrogens is 250 g/mol. The van der Waals surface area contributed by atoms with Gasteiger partial charge in [0.2, 0.25) is 5.75 Å². The average molecular weight is 269 g/mol. The Bertz CT molecular complexity index is 459. The molecule has 19 heavy (non-hydrogen) atoms. The Hall–Kier alpha value is -2.11. The highest BCUT2D eigenvalue weighted by Crippen LogP contribution is 2.41. The standard InChI is InChI=1S/C13H19NO5/c1-2-3-4-5-6-19-13(18)8-7-9(15)11(16)12(17)10(8)14/h7,15-17H,2-6,14H2,1H3. The van der Waals surface area contributed by atoms with E-state index in [4.69, 9.17) is 10.5 Å². The largest absolute Gasteiger partial charge is 0.504 e. The number of carbonyl (C=O) groups is 1. The molecule has 6 heteroatoms. The summed E-state index contributed by atoms with van der Waals surface area (Å²) < 4.78 is 4.98. The van der Waals surface area contributed by atoms with Crippen molar-refractivity contribution in [3.8, 4) is 17.2 Å². The van der Waals surface area contributed by atoms with E-state index in [9.17, 15) is 20.1 Å². The van der Waals surface area contributed by atoms with E-state index in [0.717, 1.165) is 31.7 Å². The summed E-state index contributed by atoms with van der Waals surface area (Å²) in [5.74, 6) is -2.83. The summed E-state index contributed by atoms with van der Waals surface area (Å²) in [6, 6.07) is 0.971. The van der Waals surface area contributed by atoms with Gasteiger partial charge in [0.1, 0.15) is 0 Å². The first-order chi connectivity index (χ1) is 8.99. The molecule has 5 N–H and O–H groups in total. The third-order valence-electron chi connectivity index (χ3n) is 2.74. The molecule has 1 aromatic carbocycles. The van der Waals surface area contributed by atoms with Crippen LogP contribution in [0.2, 0.25) is 0 Å². The molecule has 0 saturated carbocycles. The molecule has 0 fully saturated rings. The van der Waals surface area contributed by atoms with Gasteiger partial charge in [0, 0.05) is 6.07 Å². The minimum absolute atomic E-state index is 0.164. The minimum atomic E-state index is -0.753. The van der Waals surface area contributed by atoms with Gasteiger partial charge >= 0.3 is 5.97 Å². The van der Waals surface area contributed by atoms with E-state index in [-0.39, 0.29) is 17.9 Å². The van der Waals surface area contributed by atoms with Gasteiger partial charge in [-0.1, -0.05) is 26.2 Å². The summed E-state index contributed by atoms with van der Waals surface area (Å²) in [6.45, 7) is 2.33. The first kappa shape index (κ1) is 14.9. The maximum atomic E-state index is 11.7. The lowest BCUT2D eigenvalue weighted by Gasteiger charge is -2.10. The van der Waals surface area contributed by atoms with Crippen molar-refractivity contribution in [2.75, 3.05) is 12.3 Å². The van der Waals surface area contributed by atoms with Crippen LogP contribution in [0.1, 0.15) is 43.0 Å². The molecule has 0 spiro atoms. The zero-order valence-electron chi connectivity index (χ0n) is 10.8. The average Bonchev–Trinajstić information content (AvgIpc) is 2.40. The molecular formula is C13H19NO5. The number of phenolic OH excluding ortho intramolecular Hbond substituents is 3. The van der Waals surface area contributed by atoms with Gasteiger partial charge in [-0.3, -0.25) is 0 Å². The Balaban J connectivity index is 2.67. The molecule has 0 aromatic heterocycles. The number of esters is 1. The monoisotopic (exact) mass is 269 g/mol. The number of aromatic hydroxyl groups is 3. The number of benzene rings is 1. The molecule has 0 amide bonds. The van der Waals surface area contributed by atoms with E-state index in [1.807, 2.05) is 0 Å². The number of hydrogen-bond donors (Lipinski definition) is 4. The van der Waals surface area contributed by atoms with E-state index in [1.165, 1.54) is 0 Å². The van der Waals surface area contributed by atoms with Crippen molar-refractivity contribution in [3.05, 3.63) is 11.6 Å². The third kappa shape index (κ3) is 3.67. The quantitative estimate of drug-likeness (QED) is 0.207. The number of unbranched alkanes of at least 4 members (excludes halogenated alkanes) is 3. The Morgan fingerprint density at radius 3 is 2.53 bits per heavy atom. The number of hydrogen-bond acceptors (Lipinski definition) is 6. The molecule has 0 atom stereocenters. The number of phenols is 3. The van der Waals surface area contributed by atoms with Crippen molar-refractivity contribution >= 4 is 11.7 Å². The first-order valence-electron chi connectivity index (χ1n) is 6.19. The van der Waals surface area contributed by atoms with Gasteiger partial charge in [0.25, 0.3) is 0 Å². The molecule has 0 bridgehead atoms. The maximum absolute atomic E-state index is 11.7. The van der Waals surface area contributed by atoms with Crippen LogP contribution in [0.3, 0.4) is 0 Å². The normalized spacial score (nSPS) is 10.4. The maximum Gasteiger partial charge on any atom is 0.340 e. The Labute approximate surface area is 111 Å². The van der Waals surface area contributed by atoms with Crippen LogP contribution in [0.4, 0.5) is 5.69 Å². The highest BCUT2D eigenvalue weighted by molar-refractivity contribution is 5.98. The Kier molecular flexibility index (Phi) is 5.29. The lowest BCUT2D eigenvalue weighted by molar-refractivity contribution is 0.0498. The first-order valence-corrected chi connectivity index (χ1v) is 6.19. The van der Waals surface area contributed by atoms with Gasteiger partial charge in [-0.25, -0.2) is 4.79 Å². The zero-order valence-corrected chi connectivity index (χ0v) is 10.8. The van der Waals surface area contributed by atoms with Crippen LogP contribution in [0, 0.1) is 0 Å². The van der Waals surface area contributed by atoms with Gasteiger partial charge in [0.05, 0.1) is 17.9 Å². The van der Waals surface area contributed by atoms with E-state index in [1.54, 1.807) is 0 Å². The second kappa shape index (κ2) is 6.72. The van der Waals surface area contributed by atoms with E-state index < -0.39 is 23.2 Å². The summed E-state index contributed by atoms with van der Waals surface area (Å²) in [5, 5.41) is 28.0. The lowest BCUT2D eigenvalue weighted by atomic mass is 10.1. The van der Waals surface area contributed by atoms with Crippen LogP contribution in [0.5, 0.6) is 17.2 Å². The molecule has 6 nitrogen and oxygen atoms in total. The number of nitrogen functional groups attached to an aromatic ring is 1. The molecule has 0 aliphatic rings. The molecule has 0 unspecified atom stereocenters. The summed E-state index contributed by atoms with van der Waals surface area (Å²) in [5.41, 5.74) is 5.01. The minimum Gasteiger partial charge on any atom is -0.504 e. The summed E-state index contributed by atoms with van der Waals surface area (Å²) in [4.78, 5) is 11.7. The fraction of sp³-hybridized carbons (Fsp3) is 0.462. The van der Waals surface area contributed by atoms with Gasteiger partial charge in [-0.2, -0.15) is 0 Å². The zero-order chi connectivity index (χ0) is 14.4. The van der Waals surface area contributed by atoms with Crippen LogP contribution in [0.15, 0.2) is 6.07 Å². The third-order valence-corrected chi connectivity index (χ3v) is 2.74. The van der Waals surface area contributed by atoms with Gasteiger partial charge in [-0.15, -0.1) is 0 Å². The highest BCUT2D eigenvalue weighted by Gasteiger charge is 2.20. The number of nitrogens with two attached hydrogens (primary N) is 1. The topological polar surface area (TPSA) is 113 Å². The van der Waals surface area contributed by atoms with Crippen LogP contribution < -0.4 is 5.73 Å². The van der Waals surface area contributed by atoms with Crippen molar-refractivity contribution in [1.82, 2.24) is 0 Å². The number of ether oxygens (including phenoxy) is 1. The predicted molar refractivity (Wildman–Crippen MR) is 70.3 cm³/mol. The SMILES string of the molecule is CCCCCCOC(=O)c1cc(O)c(O)c(O)c1N. The second-order valence-electron chi connectivity index (χ2n) is 4.25. The van der Waals surface area contributed by atoms with Crippen LogP contribution in [-0.4, -0.2) is 27.9 Å². The van der Waals surface area contributed by atoms with Gasteiger partial charge in [0.15, 0.2) is 11.5 Å². The molecule has 0 aliphatic carbocycles. The molecule has 0 heterocycles. The number of rotatable bonds is 6. The Morgan fingerprint density at radius 2 is 1.89 bits per heavy atom. The molecule has 1 rings (SSSR count).